The van der Waals surface area contributed by atoms with Crippen molar-refractivity contribution in [1.82, 2.24) is 5.32 Å². The van der Waals surface area contributed by atoms with E-state index < -0.39 is 4.92 Å². The Morgan fingerprint density at radius 2 is 2.28 bits per heavy atom. The third-order valence-corrected chi connectivity index (χ3v) is 2.52. The van der Waals surface area contributed by atoms with Crippen molar-refractivity contribution in [3.8, 4) is 0 Å². The minimum Gasteiger partial charge on any atom is -0.469 e. The standard InChI is InChI=1S/C11H13ClN2O4/c1-18-11(15)4-5-13-7-8-6-9(12)2-3-10(8)14(16)17/h2-3,6,13H,4-5,7H2,1H3. The van der Waals surface area contributed by atoms with Gasteiger partial charge in [-0.25, -0.2) is 0 Å². The maximum absolute atomic E-state index is 10.9. The Morgan fingerprint density at radius 3 is 2.89 bits per heavy atom. The summed E-state index contributed by atoms with van der Waals surface area (Å²) >= 11 is 5.78. The van der Waals surface area contributed by atoms with Crippen molar-refractivity contribution >= 4 is 23.3 Å². The lowest BCUT2D eigenvalue weighted by Gasteiger charge is -2.05. The minimum atomic E-state index is -0.465. The second-order valence-electron chi connectivity index (χ2n) is 3.53. The summed E-state index contributed by atoms with van der Waals surface area (Å²) in [5.41, 5.74) is 0.488. The Balaban J connectivity index is 2.58. The number of halogens is 1. The molecule has 0 spiro atoms. The van der Waals surface area contributed by atoms with E-state index in [1.165, 1.54) is 25.3 Å². The first-order chi connectivity index (χ1) is 8.54. The Labute approximate surface area is 109 Å². The zero-order valence-corrected chi connectivity index (χ0v) is 10.6. The highest BCUT2D eigenvalue weighted by Gasteiger charge is 2.13. The van der Waals surface area contributed by atoms with Gasteiger partial charge in [-0.15, -0.1) is 0 Å². The maximum atomic E-state index is 10.9. The van der Waals surface area contributed by atoms with E-state index in [9.17, 15) is 14.9 Å². The van der Waals surface area contributed by atoms with Gasteiger partial charge in [-0.3, -0.25) is 14.9 Å². The van der Waals surface area contributed by atoms with Crippen molar-refractivity contribution in [2.45, 2.75) is 13.0 Å². The van der Waals surface area contributed by atoms with Crippen LogP contribution in [0, 0.1) is 10.1 Å². The van der Waals surface area contributed by atoms with Gasteiger partial charge in [0.05, 0.1) is 18.5 Å². The van der Waals surface area contributed by atoms with Gasteiger partial charge in [0.2, 0.25) is 0 Å². The van der Waals surface area contributed by atoms with Crippen molar-refractivity contribution in [3.63, 3.8) is 0 Å². The lowest BCUT2D eigenvalue weighted by atomic mass is 10.2. The van der Waals surface area contributed by atoms with Crippen molar-refractivity contribution in [1.29, 1.82) is 0 Å². The van der Waals surface area contributed by atoms with Gasteiger partial charge >= 0.3 is 5.97 Å². The summed E-state index contributed by atoms with van der Waals surface area (Å²) in [6.45, 7) is 0.657. The van der Waals surface area contributed by atoms with Crippen LogP contribution in [-0.2, 0) is 16.1 Å². The van der Waals surface area contributed by atoms with Crippen LogP contribution in [-0.4, -0.2) is 24.5 Å². The zero-order chi connectivity index (χ0) is 13.5. The molecule has 0 heterocycles. The van der Waals surface area contributed by atoms with Crippen LogP contribution in [0.4, 0.5) is 5.69 Å². The summed E-state index contributed by atoms with van der Waals surface area (Å²) in [6.07, 6.45) is 0.213. The number of ether oxygens (including phenoxy) is 1. The Kier molecular flexibility index (Phi) is 5.54. The fourth-order valence-electron chi connectivity index (χ4n) is 1.39. The van der Waals surface area contributed by atoms with Gasteiger partial charge in [-0.05, 0) is 12.1 Å². The molecule has 0 saturated heterocycles. The van der Waals surface area contributed by atoms with Gasteiger partial charge in [-0.2, -0.15) is 0 Å². The van der Waals surface area contributed by atoms with Gasteiger partial charge in [0.25, 0.3) is 5.69 Å². The summed E-state index contributed by atoms with van der Waals surface area (Å²) in [6, 6.07) is 4.36. The molecule has 1 rings (SSSR count). The lowest BCUT2D eigenvalue weighted by molar-refractivity contribution is -0.385. The number of nitrogens with zero attached hydrogens (tertiary/aromatic N) is 1. The molecule has 0 fully saturated rings. The number of carbonyl (C=O) groups excluding carboxylic acids is 1. The third kappa shape index (κ3) is 4.31. The molecule has 0 atom stereocenters. The van der Waals surface area contributed by atoms with Gasteiger partial charge in [0.15, 0.2) is 0 Å². The largest absolute Gasteiger partial charge is 0.469 e. The Morgan fingerprint density at radius 1 is 1.56 bits per heavy atom. The lowest BCUT2D eigenvalue weighted by Crippen LogP contribution is -2.19. The summed E-state index contributed by atoms with van der Waals surface area (Å²) in [4.78, 5) is 21.2. The molecule has 0 aliphatic carbocycles. The summed E-state index contributed by atoms with van der Waals surface area (Å²) < 4.78 is 4.48. The van der Waals surface area contributed by atoms with Crippen LogP contribution in [0.15, 0.2) is 18.2 Å². The predicted octanol–water partition coefficient (Wildman–Crippen LogP) is 1.90. The average molecular weight is 273 g/mol. The molecular formula is C11H13ClN2O4. The molecule has 0 saturated carbocycles. The number of hydrogen-bond donors (Lipinski definition) is 1. The summed E-state index contributed by atoms with van der Waals surface area (Å²) in [5.74, 6) is -0.330. The van der Waals surface area contributed by atoms with Crippen LogP contribution in [0.5, 0.6) is 0 Å². The van der Waals surface area contributed by atoms with Crippen LogP contribution < -0.4 is 5.32 Å². The fourth-order valence-corrected chi connectivity index (χ4v) is 1.58. The minimum absolute atomic E-state index is 0.00460. The molecule has 6 nitrogen and oxygen atoms in total. The number of rotatable bonds is 6. The van der Waals surface area contributed by atoms with Gasteiger partial charge < -0.3 is 10.1 Å². The van der Waals surface area contributed by atoms with E-state index in [-0.39, 0.29) is 24.6 Å². The zero-order valence-electron chi connectivity index (χ0n) is 9.81. The normalized spacial score (nSPS) is 10.1. The highest BCUT2D eigenvalue weighted by Crippen LogP contribution is 2.22. The molecule has 1 aromatic carbocycles. The molecule has 1 N–H and O–H groups in total. The number of esters is 1. The van der Waals surface area contributed by atoms with Crippen molar-refractivity contribution in [3.05, 3.63) is 38.9 Å². The molecule has 0 bridgehead atoms. The van der Waals surface area contributed by atoms with Gasteiger partial charge in [0.1, 0.15) is 0 Å². The number of nitrogens with one attached hydrogen (secondary N) is 1. The van der Waals surface area contributed by atoms with Crippen LogP contribution in [0.3, 0.4) is 0 Å². The predicted molar refractivity (Wildman–Crippen MR) is 66.4 cm³/mol. The molecule has 0 aromatic heterocycles. The smallest absolute Gasteiger partial charge is 0.306 e. The average Bonchev–Trinajstić information content (AvgIpc) is 2.34. The highest BCUT2D eigenvalue weighted by molar-refractivity contribution is 6.30. The van der Waals surface area contributed by atoms with Crippen molar-refractivity contribution < 1.29 is 14.5 Å². The molecule has 0 aliphatic rings. The summed E-state index contributed by atoms with van der Waals surface area (Å²) in [7, 11) is 1.31. The monoisotopic (exact) mass is 272 g/mol. The second-order valence-corrected chi connectivity index (χ2v) is 3.97. The van der Waals surface area contributed by atoms with Crippen LogP contribution in [0.25, 0.3) is 0 Å². The molecule has 1 aromatic rings. The van der Waals surface area contributed by atoms with Crippen molar-refractivity contribution in [2.75, 3.05) is 13.7 Å². The molecule has 0 aliphatic heterocycles. The first-order valence-corrected chi connectivity index (χ1v) is 5.62. The number of nitro benzene ring substituents is 1. The van der Waals surface area contributed by atoms with Gasteiger partial charge in [0, 0.05) is 29.7 Å². The first-order valence-electron chi connectivity index (χ1n) is 5.25. The third-order valence-electron chi connectivity index (χ3n) is 2.29. The van der Waals surface area contributed by atoms with E-state index in [0.717, 1.165) is 0 Å². The molecular weight excluding hydrogens is 260 g/mol. The van der Waals surface area contributed by atoms with E-state index in [1.807, 2.05) is 0 Å². The number of carbonyl (C=O) groups is 1. The summed E-state index contributed by atoms with van der Waals surface area (Å²) in [5, 5.41) is 14.1. The maximum Gasteiger partial charge on any atom is 0.306 e. The molecule has 7 heteroatoms. The number of hydrogen-bond acceptors (Lipinski definition) is 5. The second kappa shape index (κ2) is 6.93. The fraction of sp³-hybridized carbons (Fsp3) is 0.364. The molecule has 98 valence electrons. The molecule has 18 heavy (non-hydrogen) atoms. The molecule has 0 unspecified atom stereocenters. The van der Waals surface area contributed by atoms with Gasteiger partial charge in [-0.1, -0.05) is 11.6 Å². The topological polar surface area (TPSA) is 81.5 Å². The van der Waals surface area contributed by atoms with E-state index >= 15 is 0 Å². The van der Waals surface area contributed by atoms with Crippen LogP contribution in [0.2, 0.25) is 5.02 Å². The SMILES string of the molecule is COC(=O)CCNCc1cc(Cl)ccc1[N+](=O)[O-]. The van der Waals surface area contributed by atoms with Crippen molar-refractivity contribution in [2.24, 2.45) is 0 Å². The quantitative estimate of drug-likeness (QED) is 0.370. The number of methoxy groups -OCH3 is 1. The Bertz CT molecular complexity index is 451. The number of benzene rings is 1. The molecule has 0 amide bonds. The van der Waals surface area contributed by atoms with Crippen LogP contribution >= 0.6 is 11.6 Å². The number of nitro groups is 1. The highest BCUT2D eigenvalue weighted by atomic mass is 35.5. The van der Waals surface area contributed by atoms with E-state index in [2.05, 4.69) is 10.1 Å². The first kappa shape index (κ1) is 14.4. The van der Waals surface area contributed by atoms with E-state index in [1.54, 1.807) is 0 Å². The molecule has 0 radical (unpaired) electrons. The van der Waals surface area contributed by atoms with E-state index in [4.69, 9.17) is 11.6 Å². The van der Waals surface area contributed by atoms with E-state index in [0.29, 0.717) is 17.1 Å². The Hall–Kier alpha value is -1.66. The van der Waals surface area contributed by atoms with Crippen LogP contribution in [0.1, 0.15) is 12.0 Å².